The summed E-state index contributed by atoms with van der Waals surface area (Å²) in [7, 11) is 0. The summed E-state index contributed by atoms with van der Waals surface area (Å²) in [6, 6.07) is 5.18. The van der Waals surface area contributed by atoms with Crippen LogP contribution in [0.25, 0.3) is 0 Å². The molecule has 1 aromatic carbocycles. The summed E-state index contributed by atoms with van der Waals surface area (Å²) in [5.41, 5.74) is 6.43. The second-order valence-corrected chi connectivity index (χ2v) is 3.17. The normalized spacial score (nSPS) is 9.17. The Morgan fingerprint density at radius 1 is 1.42 bits per heavy atom. The summed E-state index contributed by atoms with van der Waals surface area (Å²) in [6.07, 6.45) is 0.787. The van der Waals surface area contributed by atoms with Gasteiger partial charge in [-0.1, -0.05) is 15.9 Å². The van der Waals surface area contributed by atoms with E-state index in [1.165, 1.54) is 0 Å². The second kappa shape index (κ2) is 5.56. The first-order chi connectivity index (χ1) is 5.24. The molecule has 2 nitrogen and oxygen atoms in total. The number of hydrogen-bond acceptors (Lipinski definition) is 2. The van der Waals surface area contributed by atoms with Gasteiger partial charge in [-0.05, 0) is 36.7 Å². The van der Waals surface area contributed by atoms with Gasteiger partial charge < -0.3 is 10.8 Å². The summed E-state index contributed by atoms with van der Waals surface area (Å²) in [4.78, 5) is 0. The zero-order chi connectivity index (χ0) is 8.27. The standard InChI is InChI=1S/C8H10BrNO.BrH/c9-8-2-1-7(11)5-6(8)3-4-10;/h1-2,5,11H,3-4,10H2;1H. The molecular formula is C8H11Br2NO. The number of halogens is 2. The third kappa shape index (κ3) is 3.13. The molecule has 12 heavy (non-hydrogen) atoms. The maximum atomic E-state index is 9.10. The van der Waals surface area contributed by atoms with E-state index in [9.17, 15) is 0 Å². The molecule has 0 aromatic heterocycles. The minimum Gasteiger partial charge on any atom is -0.508 e. The fourth-order valence-electron chi connectivity index (χ4n) is 0.908. The lowest BCUT2D eigenvalue weighted by molar-refractivity contribution is 0.474. The van der Waals surface area contributed by atoms with Gasteiger partial charge >= 0.3 is 0 Å². The Bertz CT molecular complexity index is 253. The number of benzene rings is 1. The molecule has 0 bridgehead atoms. The van der Waals surface area contributed by atoms with Crippen LogP contribution in [0.5, 0.6) is 5.75 Å². The minimum atomic E-state index is 0. The summed E-state index contributed by atoms with van der Waals surface area (Å²) < 4.78 is 1.00. The lowest BCUT2D eigenvalue weighted by Gasteiger charge is -2.02. The van der Waals surface area contributed by atoms with Crippen molar-refractivity contribution in [3.63, 3.8) is 0 Å². The van der Waals surface area contributed by atoms with Crippen LogP contribution in [0.15, 0.2) is 22.7 Å². The molecule has 1 rings (SSSR count). The Morgan fingerprint density at radius 2 is 2.08 bits per heavy atom. The first-order valence-corrected chi connectivity index (χ1v) is 4.21. The van der Waals surface area contributed by atoms with Crippen LogP contribution < -0.4 is 5.73 Å². The molecular weight excluding hydrogens is 286 g/mol. The van der Waals surface area contributed by atoms with Gasteiger partial charge in [0.05, 0.1) is 0 Å². The van der Waals surface area contributed by atoms with Crippen LogP contribution in [0, 0.1) is 0 Å². The Kier molecular flexibility index (Phi) is 5.53. The first-order valence-electron chi connectivity index (χ1n) is 3.41. The molecule has 0 aliphatic heterocycles. The van der Waals surface area contributed by atoms with Gasteiger partial charge in [-0.2, -0.15) is 0 Å². The predicted molar refractivity (Wildman–Crippen MR) is 58.9 cm³/mol. The van der Waals surface area contributed by atoms with E-state index in [-0.39, 0.29) is 22.7 Å². The van der Waals surface area contributed by atoms with E-state index in [4.69, 9.17) is 10.8 Å². The van der Waals surface area contributed by atoms with E-state index in [2.05, 4.69) is 15.9 Å². The number of nitrogens with two attached hydrogens (primary N) is 1. The van der Waals surface area contributed by atoms with Crippen LogP contribution in [0.1, 0.15) is 5.56 Å². The molecule has 3 N–H and O–H groups in total. The highest BCUT2D eigenvalue weighted by Crippen LogP contribution is 2.21. The fraction of sp³-hybridized carbons (Fsp3) is 0.250. The quantitative estimate of drug-likeness (QED) is 0.879. The zero-order valence-electron chi connectivity index (χ0n) is 6.46. The molecule has 0 saturated heterocycles. The predicted octanol–water partition coefficient (Wildman–Crippen LogP) is 2.23. The highest BCUT2D eigenvalue weighted by molar-refractivity contribution is 9.10. The average Bonchev–Trinajstić information content (AvgIpc) is 1.98. The highest BCUT2D eigenvalue weighted by Gasteiger charge is 1.98. The Morgan fingerprint density at radius 3 is 2.67 bits per heavy atom. The number of phenolic OH excluding ortho intramolecular Hbond substituents is 1. The second-order valence-electron chi connectivity index (χ2n) is 2.31. The van der Waals surface area contributed by atoms with Crippen LogP contribution in [-0.4, -0.2) is 11.7 Å². The monoisotopic (exact) mass is 295 g/mol. The molecule has 0 spiro atoms. The first kappa shape index (κ1) is 11.9. The van der Waals surface area contributed by atoms with Gasteiger partial charge in [0.15, 0.2) is 0 Å². The van der Waals surface area contributed by atoms with E-state index >= 15 is 0 Å². The van der Waals surface area contributed by atoms with E-state index < -0.39 is 0 Å². The van der Waals surface area contributed by atoms with Gasteiger partial charge in [0.25, 0.3) is 0 Å². The Hall–Kier alpha value is -0.0600. The average molecular weight is 297 g/mol. The molecule has 0 aliphatic carbocycles. The van der Waals surface area contributed by atoms with Crippen molar-refractivity contribution in [3.05, 3.63) is 28.2 Å². The third-order valence-electron chi connectivity index (χ3n) is 1.44. The minimum absolute atomic E-state index is 0. The van der Waals surface area contributed by atoms with Crippen molar-refractivity contribution in [2.75, 3.05) is 6.54 Å². The Balaban J connectivity index is 0.00000121. The van der Waals surface area contributed by atoms with E-state index in [1.807, 2.05) is 6.07 Å². The van der Waals surface area contributed by atoms with Gasteiger partial charge in [-0.25, -0.2) is 0 Å². The smallest absolute Gasteiger partial charge is 0.115 e. The van der Waals surface area contributed by atoms with Crippen LogP contribution in [0.2, 0.25) is 0 Å². The van der Waals surface area contributed by atoms with Crippen molar-refractivity contribution in [1.29, 1.82) is 0 Å². The van der Waals surface area contributed by atoms with Crippen LogP contribution in [0.3, 0.4) is 0 Å². The van der Waals surface area contributed by atoms with Gasteiger partial charge in [-0.3, -0.25) is 0 Å². The van der Waals surface area contributed by atoms with Crippen molar-refractivity contribution in [2.45, 2.75) is 6.42 Å². The molecule has 0 unspecified atom stereocenters. The van der Waals surface area contributed by atoms with Crippen molar-refractivity contribution >= 4 is 32.9 Å². The van der Waals surface area contributed by atoms with Crippen molar-refractivity contribution in [1.82, 2.24) is 0 Å². The third-order valence-corrected chi connectivity index (χ3v) is 2.22. The molecule has 1 aromatic rings. The summed E-state index contributed by atoms with van der Waals surface area (Å²) in [5.74, 6) is 0.289. The van der Waals surface area contributed by atoms with Crippen molar-refractivity contribution < 1.29 is 5.11 Å². The maximum absolute atomic E-state index is 9.10. The topological polar surface area (TPSA) is 46.2 Å². The molecule has 0 atom stereocenters. The molecule has 4 heteroatoms. The van der Waals surface area contributed by atoms with Crippen molar-refractivity contribution in [2.24, 2.45) is 5.73 Å². The molecule has 0 radical (unpaired) electrons. The van der Waals surface area contributed by atoms with Crippen LogP contribution in [0.4, 0.5) is 0 Å². The molecule has 0 fully saturated rings. The van der Waals surface area contributed by atoms with E-state index in [0.717, 1.165) is 16.5 Å². The molecule has 0 saturated carbocycles. The molecule has 68 valence electrons. The summed E-state index contributed by atoms with van der Waals surface area (Å²) in [6.45, 7) is 0.599. The number of phenols is 1. The van der Waals surface area contributed by atoms with Gasteiger partial charge in [0.2, 0.25) is 0 Å². The van der Waals surface area contributed by atoms with E-state index in [0.29, 0.717) is 6.54 Å². The van der Waals surface area contributed by atoms with Crippen LogP contribution >= 0.6 is 32.9 Å². The number of rotatable bonds is 2. The number of aromatic hydroxyl groups is 1. The van der Waals surface area contributed by atoms with Crippen molar-refractivity contribution in [3.8, 4) is 5.75 Å². The Labute approximate surface area is 90.7 Å². The zero-order valence-corrected chi connectivity index (χ0v) is 9.76. The maximum Gasteiger partial charge on any atom is 0.115 e. The fourth-order valence-corrected chi connectivity index (χ4v) is 1.35. The summed E-state index contributed by atoms with van der Waals surface area (Å²) in [5, 5.41) is 9.10. The van der Waals surface area contributed by atoms with E-state index in [1.54, 1.807) is 12.1 Å². The molecule has 0 aliphatic rings. The number of hydrogen-bond donors (Lipinski definition) is 2. The summed E-state index contributed by atoms with van der Waals surface area (Å²) >= 11 is 3.36. The van der Waals surface area contributed by atoms with Gasteiger partial charge in [0, 0.05) is 4.47 Å². The lowest BCUT2D eigenvalue weighted by Crippen LogP contribution is -2.02. The largest absolute Gasteiger partial charge is 0.508 e. The lowest BCUT2D eigenvalue weighted by atomic mass is 10.1. The molecule has 0 heterocycles. The highest BCUT2D eigenvalue weighted by atomic mass is 79.9. The SMILES string of the molecule is Br.NCCc1cc(O)ccc1Br. The van der Waals surface area contributed by atoms with Gasteiger partial charge in [-0.15, -0.1) is 17.0 Å². The van der Waals surface area contributed by atoms with Gasteiger partial charge in [0.1, 0.15) is 5.75 Å². The molecule has 0 amide bonds. The van der Waals surface area contributed by atoms with Crippen LogP contribution in [-0.2, 0) is 6.42 Å².